The minimum absolute atomic E-state index is 0.604. The summed E-state index contributed by atoms with van der Waals surface area (Å²) in [6.45, 7) is 5.97. The van der Waals surface area contributed by atoms with Crippen LogP contribution < -0.4 is 5.22 Å². The van der Waals surface area contributed by atoms with Gasteiger partial charge in [-0.15, -0.1) is 21.5 Å². The highest BCUT2D eigenvalue weighted by Gasteiger charge is 2.14. The number of aromatic nitrogens is 6. The smallest absolute Gasteiger partial charge is 0.205 e. The van der Waals surface area contributed by atoms with Gasteiger partial charge in [-0.2, -0.15) is 9.61 Å². The van der Waals surface area contributed by atoms with Crippen LogP contribution in [-0.2, 0) is 0 Å². The lowest BCUT2D eigenvalue weighted by Gasteiger charge is -1.93. The third kappa shape index (κ3) is 2.83. The largest absolute Gasteiger partial charge is 0.261 e. The van der Waals surface area contributed by atoms with Crippen molar-refractivity contribution in [1.29, 1.82) is 0 Å². The molecule has 0 unspecified atom stereocenters. The summed E-state index contributed by atoms with van der Waals surface area (Å²) in [6, 6.07) is 4.09. The molecule has 0 bridgehead atoms. The van der Waals surface area contributed by atoms with Crippen LogP contribution in [0.15, 0.2) is 36.1 Å². The van der Waals surface area contributed by atoms with Crippen LogP contribution >= 0.6 is 11.3 Å². The maximum absolute atomic E-state index is 4.53. The maximum atomic E-state index is 4.53. The molecular weight excluding hydrogens is 308 g/mol. The quantitative estimate of drug-likeness (QED) is 0.567. The van der Waals surface area contributed by atoms with Crippen molar-refractivity contribution in [3.63, 3.8) is 0 Å². The van der Waals surface area contributed by atoms with E-state index in [2.05, 4.69) is 37.4 Å². The van der Waals surface area contributed by atoms with Crippen molar-refractivity contribution < 1.29 is 0 Å². The molecule has 23 heavy (non-hydrogen) atoms. The molecule has 6 nitrogen and oxygen atoms in total. The fourth-order valence-electron chi connectivity index (χ4n) is 2.17. The van der Waals surface area contributed by atoms with Crippen LogP contribution in [0.5, 0.6) is 0 Å². The van der Waals surface area contributed by atoms with Gasteiger partial charge in [-0.25, -0.2) is 4.98 Å². The Hall–Kier alpha value is -2.67. The van der Waals surface area contributed by atoms with Crippen LogP contribution in [0.25, 0.3) is 23.2 Å². The molecule has 0 saturated carbocycles. The fraction of sp³-hybridized carbons (Fsp3) is 0.188. The van der Waals surface area contributed by atoms with Crippen molar-refractivity contribution in [3.05, 3.63) is 51.9 Å². The molecule has 0 atom stereocenters. The number of fused-ring (bicyclic) bond motifs is 1. The summed E-state index contributed by atoms with van der Waals surface area (Å²) in [7, 11) is 0. The average Bonchev–Trinajstić information content (AvgIpc) is 3.30. The first-order valence-electron chi connectivity index (χ1n) is 7.36. The molecule has 0 aliphatic heterocycles. The molecule has 0 spiro atoms. The molecule has 0 aromatic carbocycles. The van der Waals surface area contributed by atoms with Gasteiger partial charge in [-0.05, 0) is 24.4 Å². The van der Waals surface area contributed by atoms with Gasteiger partial charge in [0.1, 0.15) is 5.69 Å². The van der Waals surface area contributed by atoms with E-state index in [0.29, 0.717) is 11.5 Å². The Kier molecular flexibility index (Phi) is 4.38. The summed E-state index contributed by atoms with van der Waals surface area (Å²) in [5.41, 5.74) is 2.31. The molecule has 4 rings (SSSR count). The molecule has 0 aliphatic rings. The van der Waals surface area contributed by atoms with Crippen LogP contribution in [0.1, 0.15) is 24.4 Å². The van der Waals surface area contributed by atoms with E-state index < -0.39 is 0 Å². The Morgan fingerprint density at radius 1 is 1.17 bits per heavy atom. The third-order valence-electron chi connectivity index (χ3n) is 3.14. The summed E-state index contributed by atoms with van der Waals surface area (Å²) < 4.78 is 1.72. The second-order valence-electron chi connectivity index (χ2n) is 4.51. The monoisotopic (exact) mass is 324 g/mol. The number of aryl methyl sites for hydroxylation is 1. The Labute approximate surface area is 137 Å². The van der Waals surface area contributed by atoms with Crippen LogP contribution in [0.4, 0.5) is 0 Å². The average molecular weight is 324 g/mol. The molecule has 4 heterocycles. The molecule has 0 fully saturated rings. The second-order valence-corrected chi connectivity index (χ2v) is 5.49. The van der Waals surface area contributed by atoms with Gasteiger partial charge in [0, 0.05) is 22.5 Å². The predicted molar refractivity (Wildman–Crippen MR) is 91.0 cm³/mol. The van der Waals surface area contributed by atoms with Gasteiger partial charge < -0.3 is 0 Å². The molecule has 7 heteroatoms. The first kappa shape index (κ1) is 15.2. The van der Waals surface area contributed by atoms with Crippen LogP contribution in [-0.4, -0.2) is 29.8 Å². The topological polar surface area (TPSA) is 68.9 Å². The zero-order valence-corrected chi connectivity index (χ0v) is 13.9. The number of hydrogen-bond donors (Lipinski definition) is 0. The van der Waals surface area contributed by atoms with Crippen molar-refractivity contribution in [2.45, 2.75) is 20.8 Å². The number of rotatable bonds is 2. The Morgan fingerprint density at radius 2 is 2.04 bits per heavy atom. The van der Waals surface area contributed by atoms with E-state index in [4.69, 9.17) is 0 Å². The molecule has 116 valence electrons. The van der Waals surface area contributed by atoms with E-state index >= 15 is 0 Å². The Bertz CT molecular complexity index is 944. The van der Waals surface area contributed by atoms with Gasteiger partial charge in [-0.1, -0.05) is 19.9 Å². The van der Waals surface area contributed by atoms with Crippen LogP contribution in [0, 0.1) is 6.92 Å². The first-order chi connectivity index (χ1) is 11.3. The van der Waals surface area contributed by atoms with E-state index in [-0.39, 0.29) is 0 Å². The molecule has 0 amide bonds. The lowest BCUT2D eigenvalue weighted by atomic mass is 10.3. The first-order valence-corrected chi connectivity index (χ1v) is 8.24. The van der Waals surface area contributed by atoms with Gasteiger partial charge in [-0.3, -0.25) is 4.98 Å². The lowest BCUT2D eigenvalue weighted by Crippen LogP contribution is -2.02. The van der Waals surface area contributed by atoms with Crippen molar-refractivity contribution in [3.8, 4) is 11.5 Å². The molecule has 0 radical (unpaired) electrons. The van der Waals surface area contributed by atoms with E-state index in [1.807, 2.05) is 32.2 Å². The zero-order chi connectivity index (χ0) is 16.2. The van der Waals surface area contributed by atoms with Gasteiger partial charge in [0.05, 0.1) is 11.9 Å². The van der Waals surface area contributed by atoms with Crippen LogP contribution in [0.2, 0.25) is 0 Å². The van der Waals surface area contributed by atoms with Crippen LogP contribution in [0.3, 0.4) is 0 Å². The second kappa shape index (κ2) is 6.62. The molecule has 4 aromatic heterocycles. The number of hydrogen-bond acceptors (Lipinski definition) is 6. The maximum Gasteiger partial charge on any atom is 0.205 e. The van der Waals surface area contributed by atoms with Crippen molar-refractivity contribution >= 4 is 23.1 Å². The summed E-state index contributed by atoms with van der Waals surface area (Å²) in [5, 5.41) is 16.0. The molecular formula is C16H16N6S. The van der Waals surface area contributed by atoms with Gasteiger partial charge in [0.25, 0.3) is 0 Å². The van der Waals surface area contributed by atoms with Crippen molar-refractivity contribution in [2.24, 2.45) is 0 Å². The molecule has 0 N–H and O–H groups in total. The summed E-state index contributed by atoms with van der Waals surface area (Å²) in [5.74, 6) is 0.604. The number of thiophene rings is 1. The van der Waals surface area contributed by atoms with Gasteiger partial charge >= 0.3 is 0 Å². The molecule has 0 aliphatic carbocycles. The SMILES string of the molecule is CC.Cc1nn2c(-c3cnccn3)nnc2c1=Cc1cccs1. The summed E-state index contributed by atoms with van der Waals surface area (Å²) in [6.07, 6.45) is 6.99. The van der Waals surface area contributed by atoms with E-state index in [9.17, 15) is 0 Å². The minimum Gasteiger partial charge on any atom is -0.261 e. The normalized spacial score (nSPS) is 11.5. The molecule has 4 aromatic rings. The standard InChI is InChI=1S/C14H10N6S.C2H6/c1-9-11(7-10-3-2-6-21-10)13-17-18-14(20(13)19-9)12-8-15-4-5-16-12;1-2/h2-8H,1H3;1-2H3. The van der Waals surface area contributed by atoms with Gasteiger partial charge in [0.2, 0.25) is 5.82 Å². The van der Waals surface area contributed by atoms with Gasteiger partial charge in [0.15, 0.2) is 5.65 Å². The zero-order valence-electron chi connectivity index (χ0n) is 13.1. The third-order valence-corrected chi connectivity index (χ3v) is 3.96. The van der Waals surface area contributed by atoms with E-state index in [1.165, 1.54) is 0 Å². The van der Waals surface area contributed by atoms with Crippen molar-refractivity contribution in [1.82, 2.24) is 29.8 Å². The summed E-state index contributed by atoms with van der Waals surface area (Å²) >= 11 is 1.68. The lowest BCUT2D eigenvalue weighted by molar-refractivity contribution is 0.928. The highest BCUT2D eigenvalue weighted by molar-refractivity contribution is 7.10. The van der Waals surface area contributed by atoms with Crippen molar-refractivity contribution in [2.75, 3.05) is 0 Å². The number of nitrogens with zero attached hydrogens (tertiary/aromatic N) is 6. The van der Waals surface area contributed by atoms with E-state index in [1.54, 1.807) is 34.4 Å². The Morgan fingerprint density at radius 3 is 2.74 bits per heavy atom. The molecule has 0 saturated heterocycles. The fourth-order valence-corrected chi connectivity index (χ4v) is 2.82. The minimum atomic E-state index is 0.604. The highest BCUT2D eigenvalue weighted by Crippen LogP contribution is 2.14. The Balaban J connectivity index is 0.000000753. The highest BCUT2D eigenvalue weighted by atomic mass is 32.1. The summed E-state index contributed by atoms with van der Waals surface area (Å²) in [4.78, 5) is 9.48. The van der Waals surface area contributed by atoms with E-state index in [0.717, 1.165) is 21.4 Å². The predicted octanol–water partition coefficient (Wildman–Crippen LogP) is 2.53.